The van der Waals surface area contributed by atoms with Crippen molar-refractivity contribution < 1.29 is 72.4 Å². The maximum atomic E-state index is 15.3. The lowest BCUT2D eigenvalue weighted by atomic mass is 9.93. The summed E-state index contributed by atoms with van der Waals surface area (Å²) in [5.41, 5.74) is 0. The fourth-order valence-corrected chi connectivity index (χ4v) is 12.3. The van der Waals surface area contributed by atoms with E-state index in [1.807, 2.05) is 41.5 Å². The number of hydrogen-bond acceptors (Lipinski definition) is 16. The molecule has 27 nitrogen and oxygen atoms in total. The Bertz CT molecular complexity index is 2560. The number of nitrogens with one attached hydrogen (secondary N) is 4. The minimum absolute atomic E-state index is 0.0870. The molecule has 11 amide bonds. The predicted molar refractivity (Wildman–Crippen MR) is 358 cm³/mol. The summed E-state index contributed by atoms with van der Waals surface area (Å²) in [5, 5.41) is 34.3. The summed E-state index contributed by atoms with van der Waals surface area (Å²) in [6.07, 6.45) is 0.881. The first-order chi connectivity index (χ1) is 43.8. The lowest BCUT2D eigenvalue weighted by Crippen LogP contribution is -2.65. The van der Waals surface area contributed by atoms with Crippen LogP contribution in [0.1, 0.15) is 143 Å². The third-order valence-electron chi connectivity index (χ3n) is 18.0. The van der Waals surface area contributed by atoms with Crippen LogP contribution in [-0.4, -0.2) is 288 Å². The van der Waals surface area contributed by atoms with Gasteiger partial charge in [-0.2, -0.15) is 0 Å². The fourth-order valence-electron chi connectivity index (χ4n) is 12.3. The van der Waals surface area contributed by atoms with Crippen molar-refractivity contribution in [1.82, 2.24) is 60.5 Å². The number of amides is 11. The summed E-state index contributed by atoms with van der Waals surface area (Å²) in [4.78, 5) is 174. The predicted octanol–water partition coefficient (Wildman–Crippen LogP) is 1.32. The first kappa shape index (κ1) is 83.8. The Morgan fingerprint density at radius 3 is 1.46 bits per heavy atom. The van der Waals surface area contributed by atoms with Crippen molar-refractivity contribution >= 4 is 65.0 Å². The van der Waals surface area contributed by atoms with Crippen molar-refractivity contribution in [2.45, 2.75) is 222 Å². The molecule has 2 heterocycles. The molecule has 538 valence electrons. The Hall–Kier alpha value is -6.29. The van der Waals surface area contributed by atoms with Crippen LogP contribution >= 0.6 is 0 Å². The molecule has 0 radical (unpaired) electrons. The van der Waals surface area contributed by atoms with Crippen LogP contribution in [-0.2, 0) is 62.2 Å². The fraction of sp³-hybridized carbons (Fsp3) is 0.806. The molecule has 0 spiro atoms. The molecular formula is C67H120N12O15. The average Bonchev–Trinajstić information content (AvgIpc) is 0.813. The molecular weight excluding hydrogens is 1210 g/mol. The Labute approximate surface area is 560 Å². The SMILES string of the molecule is C/C=C/[C@@H](C)[C@@H](O)[C@H]1C(=O)N[C@@H](CC)C(=O)N(CC)[C@H](CO)C(=O)N(C)C([C@@H](C)OCCN2CCOCC2)C(=O)N[C@@H](C(C)C)C(=O)N(C)[C@@H](CC(C)C)C(=O)N[C@@H](C)C(=O)N[C@H](C)C(=O)N(C)[C@@H](CC(C)C)C(=O)N(C)[C@@H](CC(C)C)C(=O)N(C)[C@@H](C(C)C)C(=O)N1C. The second-order valence-electron chi connectivity index (χ2n) is 27.6. The van der Waals surface area contributed by atoms with Crippen LogP contribution in [0.2, 0.25) is 0 Å². The number of rotatable bonds is 19. The lowest BCUT2D eigenvalue weighted by molar-refractivity contribution is -0.158. The third-order valence-corrected chi connectivity index (χ3v) is 18.0. The Kier molecular flexibility index (Phi) is 34.8. The summed E-state index contributed by atoms with van der Waals surface area (Å²) in [7, 11) is 8.32. The molecule has 2 aliphatic rings. The summed E-state index contributed by atoms with van der Waals surface area (Å²) < 4.78 is 11.8. The zero-order valence-electron chi connectivity index (χ0n) is 60.9. The summed E-state index contributed by atoms with van der Waals surface area (Å²) in [6, 6.07) is -15.1. The molecule has 94 heavy (non-hydrogen) atoms. The molecule has 0 aromatic carbocycles. The summed E-state index contributed by atoms with van der Waals surface area (Å²) >= 11 is 0. The smallest absolute Gasteiger partial charge is 0.248 e. The van der Waals surface area contributed by atoms with Gasteiger partial charge in [-0.3, -0.25) is 57.6 Å². The molecule has 2 saturated heterocycles. The van der Waals surface area contributed by atoms with Gasteiger partial charge < -0.3 is 75.3 Å². The Morgan fingerprint density at radius 2 is 0.979 bits per heavy atom. The van der Waals surface area contributed by atoms with Crippen LogP contribution in [0.5, 0.6) is 0 Å². The van der Waals surface area contributed by atoms with E-state index < -0.39 is 168 Å². The van der Waals surface area contributed by atoms with Gasteiger partial charge in [0.2, 0.25) is 65.0 Å². The van der Waals surface area contributed by atoms with Crippen LogP contribution in [0.4, 0.5) is 0 Å². The van der Waals surface area contributed by atoms with E-state index in [-0.39, 0.29) is 56.6 Å². The minimum atomic E-state index is -1.71. The number of likely N-dealkylation sites (N-methyl/N-ethyl adjacent to an activating group) is 7. The van der Waals surface area contributed by atoms with Gasteiger partial charge in [-0.25, -0.2) is 0 Å². The second-order valence-corrected chi connectivity index (χ2v) is 27.6. The number of nitrogens with zero attached hydrogens (tertiary/aromatic N) is 8. The van der Waals surface area contributed by atoms with Gasteiger partial charge in [0.25, 0.3) is 0 Å². The molecule has 0 bridgehead atoms. The van der Waals surface area contributed by atoms with Crippen molar-refractivity contribution in [3.8, 4) is 0 Å². The first-order valence-corrected chi connectivity index (χ1v) is 33.7. The molecule has 2 aliphatic heterocycles. The van der Waals surface area contributed by atoms with E-state index in [9.17, 15) is 29.4 Å². The topological polar surface area (TPSA) is 321 Å². The number of ether oxygens (including phenoxy) is 2. The van der Waals surface area contributed by atoms with Crippen LogP contribution in [0.25, 0.3) is 0 Å². The molecule has 0 aromatic rings. The van der Waals surface area contributed by atoms with Gasteiger partial charge in [-0.05, 0) is 89.9 Å². The number of aliphatic hydroxyl groups excluding tert-OH is 2. The van der Waals surface area contributed by atoms with E-state index in [0.717, 1.165) is 14.7 Å². The minimum Gasteiger partial charge on any atom is -0.394 e. The maximum absolute atomic E-state index is 15.3. The van der Waals surface area contributed by atoms with Gasteiger partial charge in [0.1, 0.15) is 66.5 Å². The third kappa shape index (κ3) is 22.7. The van der Waals surface area contributed by atoms with Gasteiger partial charge in [0.15, 0.2) is 0 Å². The highest BCUT2D eigenvalue weighted by Gasteiger charge is 2.47. The Morgan fingerprint density at radius 1 is 0.521 bits per heavy atom. The molecule has 0 saturated carbocycles. The molecule has 0 aliphatic carbocycles. The summed E-state index contributed by atoms with van der Waals surface area (Å²) in [6.45, 7) is 30.5. The zero-order chi connectivity index (χ0) is 72.1. The maximum Gasteiger partial charge on any atom is 0.248 e. The van der Waals surface area contributed by atoms with Gasteiger partial charge >= 0.3 is 0 Å². The molecule has 0 aromatic heterocycles. The van der Waals surface area contributed by atoms with E-state index in [2.05, 4.69) is 26.2 Å². The van der Waals surface area contributed by atoms with Gasteiger partial charge in [-0.1, -0.05) is 95.2 Å². The molecule has 27 heteroatoms. The van der Waals surface area contributed by atoms with Crippen molar-refractivity contribution in [2.24, 2.45) is 35.5 Å². The quantitative estimate of drug-likeness (QED) is 0.0994. The largest absolute Gasteiger partial charge is 0.394 e. The number of carbonyl (C=O) groups is 11. The number of carbonyl (C=O) groups excluding carboxylic acids is 11. The molecule has 2 fully saturated rings. The van der Waals surface area contributed by atoms with Crippen molar-refractivity contribution in [3.05, 3.63) is 12.2 Å². The highest BCUT2D eigenvalue weighted by Crippen LogP contribution is 2.26. The van der Waals surface area contributed by atoms with Crippen LogP contribution in [0.3, 0.4) is 0 Å². The number of allylic oxidation sites excluding steroid dienone is 1. The Balaban J connectivity index is 3.08. The number of hydrogen-bond donors (Lipinski definition) is 6. The van der Waals surface area contributed by atoms with Crippen molar-refractivity contribution in [3.63, 3.8) is 0 Å². The van der Waals surface area contributed by atoms with Crippen molar-refractivity contribution in [1.29, 1.82) is 0 Å². The van der Waals surface area contributed by atoms with E-state index in [1.165, 1.54) is 75.7 Å². The van der Waals surface area contributed by atoms with E-state index in [1.54, 1.807) is 74.5 Å². The van der Waals surface area contributed by atoms with Gasteiger partial charge in [0, 0.05) is 74.4 Å². The highest BCUT2D eigenvalue weighted by atomic mass is 16.5. The van der Waals surface area contributed by atoms with E-state index in [0.29, 0.717) is 32.8 Å². The zero-order valence-corrected chi connectivity index (χ0v) is 60.9. The van der Waals surface area contributed by atoms with Gasteiger partial charge in [-0.15, -0.1) is 0 Å². The monoisotopic (exact) mass is 1330 g/mol. The number of morpholine rings is 1. The van der Waals surface area contributed by atoms with Crippen molar-refractivity contribution in [2.75, 3.05) is 94.9 Å². The van der Waals surface area contributed by atoms with E-state index >= 15 is 33.6 Å². The van der Waals surface area contributed by atoms with Crippen LogP contribution in [0.15, 0.2) is 12.2 Å². The second kappa shape index (κ2) is 39.1. The van der Waals surface area contributed by atoms with Gasteiger partial charge in [0.05, 0.1) is 38.6 Å². The standard InChI is InChI=1S/C67H120N12O15/c1-24-27-43(14)56(81)55-60(85)70-47(25-2)62(87)79(26-3)51(37-80)65(90)76(22)54(46(17)94-33-30-78-28-31-93-32-29-78)59(84)71-52(41(10)11)66(91)72(18)48(34-38(4)5)58(83)68-44(15)57(82)69-45(16)61(86)73(19)49(35-39(6)7)63(88)74(20)50(36-40(8)9)64(89)75(21)53(42(12)13)67(92)77(55)23/h24,27,38-56,80-81H,25-26,28-37H2,1-23H3,(H,68,83)(H,69,82)(H,70,85)(H,71,84)/b27-24+/t43-,44+,45-,46-,47+,48+,49+,50+,51-,52+,53+,54?,55+,56-/m1/s1. The molecule has 6 N–H and O–H groups in total. The highest BCUT2D eigenvalue weighted by molar-refractivity contribution is 6.00. The molecule has 14 atom stereocenters. The van der Waals surface area contributed by atoms with Crippen LogP contribution in [0, 0.1) is 35.5 Å². The average molecular weight is 1330 g/mol. The van der Waals surface area contributed by atoms with Crippen LogP contribution < -0.4 is 21.3 Å². The summed E-state index contributed by atoms with van der Waals surface area (Å²) in [5.74, 6) is -10.9. The lowest BCUT2D eigenvalue weighted by Gasteiger charge is -2.41. The normalized spacial score (nSPS) is 27.7. The number of aliphatic hydroxyl groups is 2. The molecule has 2 rings (SSSR count). The first-order valence-electron chi connectivity index (χ1n) is 33.7. The molecule has 1 unspecified atom stereocenters. The van der Waals surface area contributed by atoms with E-state index in [4.69, 9.17) is 9.47 Å².